The molecule has 1 spiro atoms. The predicted octanol–water partition coefficient (Wildman–Crippen LogP) is 3.91. The number of aryl methyl sites for hydroxylation is 1. The summed E-state index contributed by atoms with van der Waals surface area (Å²) in [6.45, 7) is 4.35. The third-order valence-corrected chi connectivity index (χ3v) is 4.85. The molecule has 1 heterocycles. The Balaban J connectivity index is 2.00. The molecule has 1 unspecified atom stereocenters. The number of fused-ring (bicyclic) bond motifs is 1. The first-order chi connectivity index (χ1) is 9.05. The summed E-state index contributed by atoms with van der Waals surface area (Å²) in [4.78, 5) is 0. The van der Waals surface area contributed by atoms with Crippen molar-refractivity contribution in [2.75, 3.05) is 0 Å². The number of ether oxygens (including phenoxy) is 1. The van der Waals surface area contributed by atoms with Gasteiger partial charge in [0, 0.05) is 17.5 Å². The van der Waals surface area contributed by atoms with Gasteiger partial charge in [0.2, 0.25) is 0 Å². The maximum absolute atomic E-state index is 6.64. The zero-order valence-electron chi connectivity index (χ0n) is 12.2. The van der Waals surface area contributed by atoms with E-state index >= 15 is 0 Å². The summed E-state index contributed by atoms with van der Waals surface area (Å²) in [6.07, 6.45) is 8.23. The molecule has 2 heteroatoms. The average molecular weight is 259 g/mol. The quantitative estimate of drug-likeness (QED) is 0.830. The highest BCUT2D eigenvalue weighted by Gasteiger charge is 2.45. The van der Waals surface area contributed by atoms with Crippen molar-refractivity contribution in [3.63, 3.8) is 0 Å². The second-order valence-corrected chi connectivity index (χ2v) is 6.62. The molecule has 19 heavy (non-hydrogen) atoms. The third-order valence-electron chi connectivity index (χ3n) is 4.85. The lowest BCUT2D eigenvalue weighted by Gasteiger charge is -2.47. The molecular formula is C17H25NO. The molecule has 1 aromatic rings. The summed E-state index contributed by atoms with van der Waals surface area (Å²) >= 11 is 0. The molecule has 2 nitrogen and oxygen atoms in total. The predicted molar refractivity (Wildman–Crippen MR) is 78.4 cm³/mol. The molecule has 2 N–H and O–H groups in total. The van der Waals surface area contributed by atoms with E-state index in [4.69, 9.17) is 10.5 Å². The molecule has 3 rings (SSSR count). The van der Waals surface area contributed by atoms with Gasteiger partial charge < -0.3 is 10.5 Å². The maximum atomic E-state index is 6.64. The highest BCUT2D eigenvalue weighted by molar-refractivity contribution is 5.44. The van der Waals surface area contributed by atoms with E-state index in [9.17, 15) is 0 Å². The molecule has 1 aliphatic heterocycles. The van der Waals surface area contributed by atoms with E-state index < -0.39 is 0 Å². The molecule has 1 fully saturated rings. The summed E-state index contributed by atoms with van der Waals surface area (Å²) < 4.78 is 6.42. The largest absolute Gasteiger partial charge is 0.487 e. The molecule has 1 atom stereocenters. The Kier molecular flexibility index (Phi) is 3.09. The van der Waals surface area contributed by atoms with E-state index in [2.05, 4.69) is 32.0 Å². The minimum Gasteiger partial charge on any atom is -0.487 e. The molecule has 0 radical (unpaired) electrons. The van der Waals surface area contributed by atoms with Crippen LogP contribution in [0, 0.1) is 0 Å². The Morgan fingerprint density at radius 1 is 1.21 bits per heavy atom. The Morgan fingerprint density at radius 3 is 2.63 bits per heavy atom. The fourth-order valence-corrected chi connectivity index (χ4v) is 3.84. The lowest BCUT2D eigenvalue weighted by Crippen LogP contribution is -2.51. The van der Waals surface area contributed by atoms with Crippen molar-refractivity contribution in [3.05, 3.63) is 29.3 Å². The van der Waals surface area contributed by atoms with E-state index in [1.54, 1.807) is 0 Å². The minimum absolute atomic E-state index is 0.00246. The summed E-state index contributed by atoms with van der Waals surface area (Å²) in [7, 11) is 0. The van der Waals surface area contributed by atoms with Crippen molar-refractivity contribution in [2.45, 2.75) is 69.9 Å². The third kappa shape index (κ3) is 2.27. The van der Waals surface area contributed by atoms with Gasteiger partial charge in [0.25, 0.3) is 0 Å². The number of hydrogen-bond acceptors (Lipinski definition) is 2. The molecule has 1 aliphatic carbocycles. The molecule has 0 saturated heterocycles. The molecule has 2 aliphatic rings. The lowest BCUT2D eigenvalue weighted by molar-refractivity contribution is -0.0147. The van der Waals surface area contributed by atoms with Gasteiger partial charge in [0.1, 0.15) is 11.4 Å². The van der Waals surface area contributed by atoms with E-state index in [0.29, 0.717) is 0 Å². The van der Waals surface area contributed by atoms with Crippen LogP contribution >= 0.6 is 0 Å². The van der Waals surface area contributed by atoms with Crippen molar-refractivity contribution in [2.24, 2.45) is 5.73 Å². The van der Waals surface area contributed by atoms with Crippen molar-refractivity contribution < 1.29 is 4.74 Å². The summed E-state index contributed by atoms with van der Waals surface area (Å²) in [6, 6.07) is 6.55. The van der Waals surface area contributed by atoms with Crippen LogP contribution in [0.5, 0.6) is 5.75 Å². The number of rotatable bonds is 1. The lowest BCUT2D eigenvalue weighted by atomic mass is 9.72. The Bertz CT molecular complexity index is 472. The van der Waals surface area contributed by atoms with Crippen LogP contribution in [0.25, 0.3) is 0 Å². The van der Waals surface area contributed by atoms with Crippen LogP contribution in [0.2, 0.25) is 0 Å². The molecule has 0 amide bonds. The molecule has 104 valence electrons. The van der Waals surface area contributed by atoms with Crippen LogP contribution in [-0.2, 0) is 12.0 Å². The van der Waals surface area contributed by atoms with Gasteiger partial charge >= 0.3 is 0 Å². The molecule has 0 bridgehead atoms. The first-order valence-electron chi connectivity index (χ1n) is 7.66. The van der Waals surface area contributed by atoms with E-state index in [1.165, 1.54) is 30.4 Å². The first-order valence-corrected chi connectivity index (χ1v) is 7.66. The number of hydrogen-bond donors (Lipinski definition) is 1. The van der Waals surface area contributed by atoms with E-state index in [1.807, 2.05) is 0 Å². The summed E-state index contributed by atoms with van der Waals surface area (Å²) in [5.74, 6) is 1.02. The highest BCUT2D eigenvalue weighted by Crippen LogP contribution is 2.47. The highest BCUT2D eigenvalue weighted by atomic mass is 16.5. The monoisotopic (exact) mass is 259 g/mol. The summed E-state index contributed by atoms with van der Waals surface area (Å²) in [5.41, 5.74) is 8.93. The van der Waals surface area contributed by atoms with Gasteiger partial charge in [-0.3, -0.25) is 0 Å². The smallest absolute Gasteiger partial charge is 0.125 e. The zero-order chi connectivity index (χ0) is 13.5. The Morgan fingerprint density at radius 2 is 1.95 bits per heavy atom. The zero-order valence-corrected chi connectivity index (χ0v) is 12.2. The number of nitrogens with two attached hydrogens (primary N) is 1. The number of benzene rings is 1. The average Bonchev–Trinajstić information content (AvgIpc) is 2.38. The van der Waals surface area contributed by atoms with Gasteiger partial charge in [-0.15, -0.1) is 0 Å². The van der Waals surface area contributed by atoms with Crippen LogP contribution in [-0.4, -0.2) is 5.60 Å². The van der Waals surface area contributed by atoms with Crippen molar-refractivity contribution in [1.82, 2.24) is 0 Å². The van der Waals surface area contributed by atoms with Crippen LogP contribution in [0.15, 0.2) is 18.2 Å². The second-order valence-electron chi connectivity index (χ2n) is 6.62. The SMILES string of the molecule is CCc1ccc2c(c1)C(C)(N)CC1(CCCCC1)O2. The Hall–Kier alpha value is -1.02. The molecule has 0 aromatic heterocycles. The Labute approximate surface area is 116 Å². The van der Waals surface area contributed by atoms with Gasteiger partial charge in [-0.2, -0.15) is 0 Å². The minimum atomic E-state index is -0.254. The topological polar surface area (TPSA) is 35.2 Å². The standard InChI is InChI=1S/C17H25NO/c1-3-13-7-8-15-14(11-13)16(2,18)12-17(19-15)9-5-4-6-10-17/h7-8,11H,3-6,9-10,12,18H2,1-2H3. The van der Waals surface area contributed by atoms with Crippen LogP contribution < -0.4 is 10.5 Å². The van der Waals surface area contributed by atoms with Gasteiger partial charge in [0.15, 0.2) is 0 Å². The van der Waals surface area contributed by atoms with E-state index in [0.717, 1.165) is 31.4 Å². The van der Waals surface area contributed by atoms with Crippen molar-refractivity contribution in [1.29, 1.82) is 0 Å². The maximum Gasteiger partial charge on any atom is 0.125 e. The van der Waals surface area contributed by atoms with Gasteiger partial charge in [0.05, 0.1) is 0 Å². The van der Waals surface area contributed by atoms with Crippen LogP contribution in [0.3, 0.4) is 0 Å². The van der Waals surface area contributed by atoms with Crippen molar-refractivity contribution >= 4 is 0 Å². The second kappa shape index (κ2) is 4.52. The molecule has 1 saturated carbocycles. The van der Waals surface area contributed by atoms with Gasteiger partial charge in [-0.25, -0.2) is 0 Å². The normalized spacial score (nSPS) is 28.8. The van der Waals surface area contributed by atoms with Crippen LogP contribution in [0.1, 0.15) is 63.5 Å². The van der Waals surface area contributed by atoms with Gasteiger partial charge in [-0.1, -0.05) is 25.5 Å². The summed E-state index contributed by atoms with van der Waals surface area (Å²) in [5, 5.41) is 0. The van der Waals surface area contributed by atoms with Crippen molar-refractivity contribution in [3.8, 4) is 5.75 Å². The van der Waals surface area contributed by atoms with E-state index in [-0.39, 0.29) is 11.1 Å². The van der Waals surface area contributed by atoms with Gasteiger partial charge in [-0.05, 0) is 50.7 Å². The fraction of sp³-hybridized carbons (Fsp3) is 0.647. The van der Waals surface area contributed by atoms with Crippen LogP contribution in [0.4, 0.5) is 0 Å². The molecule has 1 aromatic carbocycles. The fourth-order valence-electron chi connectivity index (χ4n) is 3.84. The first kappa shape index (κ1) is 13.0. The molecular weight excluding hydrogens is 234 g/mol.